The van der Waals surface area contributed by atoms with Crippen LogP contribution in [0.1, 0.15) is 0 Å². The molecule has 0 aliphatic heterocycles. The molecule has 0 amide bonds. The minimum atomic E-state index is 0.0737. The molecule has 0 atom stereocenters. The summed E-state index contributed by atoms with van der Waals surface area (Å²) in [6, 6.07) is 6.49. The van der Waals surface area contributed by atoms with Gasteiger partial charge in [0.25, 0.3) is 0 Å². The summed E-state index contributed by atoms with van der Waals surface area (Å²) in [4.78, 5) is 0. The third-order valence-electron chi connectivity index (χ3n) is 1.65. The molecule has 0 saturated carbocycles. The summed E-state index contributed by atoms with van der Waals surface area (Å²) in [5, 5.41) is 26.6. The van der Waals surface area contributed by atoms with E-state index in [9.17, 15) is 0 Å². The van der Waals surface area contributed by atoms with Crippen molar-refractivity contribution in [2.24, 2.45) is 0 Å². The molecule has 0 radical (unpaired) electrons. The largest absolute Gasteiger partial charge is 0.395 e. The normalized spacial score (nSPS) is 9.47. The number of anilines is 1. The van der Waals surface area contributed by atoms with Crippen molar-refractivity contribution in [2.75, 3.05) is 18.5 Å². The fourth-order valence-electron chi connectivity index (χ4n) is 0.894. The number of hydrogen-bond acceptors (Lipinski definition) is 6. The smallest absolute Gasteiger partial charge is 0.151 e. The van der Waals surface area contributed by atoms with Crippen molar-refractivity contribution >= 4 is 40.6 Å². The Morgan fingerprint density at radius 2 is 1.32 bits per heavy atom. The minimum absolute atomic E-state index is 0.0737. The average Bonchev–Trinajstić information content (AvgIpc) is 2.42. The first-order chi connectivity index (χ1) is 9.11. The van der Waals surface area contributed by atoms with Crippen LogP contribution in [0.25, 0.3) is 0 Å². The van der Waals surface area contributed by atoms with Crippen molar-refractivity contribution in [3.63, 3.8) is 0 Å². The molecule has 2 aromatic rings. The first kappa shape index (κ1) is 15.8. The molecule has 2 aromatic heterocycles. The van der Waals surface area contributed by atoms with E-state index in [1.165, 1.54) is 0 Å². The average molecular weight is 323 g/mol. The molecule has 2 N–H and O–H groups in total. The highest BCUT2D eigenvalue weighted by Crippen LogP contribution is 2.05. The van der Waals surface area contributed by atoms with Gasteiger partial charge < -0.3 is 10.4 Å². The van der Waals surface area contributed by atoms with Gasteiger partial charge in [-0.2, -0.15) is 0 Å². The van der Waals surface area contributed by atoms with Gasteiger partial charge in [0.15, 0.2) is 15.5 Å². The van der Waals surface area contributed by atoms with Gasteiger partial charge in [0.1, 0.15) is 5.82 Å². The van der Waals surface area contributed by atoms with E-state index in [0.717, 1.165) is 0 Å². The zero-order chi connectivity index (χ0) is 14.1. The highest BCUT2D eigenvalue weighted by atomic mass is 35.5. The fourth-order valence-corrected chi connectivity index (χ4v) is 1.20. The van der Waals surface area contributed by atoms with Crippen LogP contribution in [0.15, 0.2) is 24.3 Å². The Bertz CT molecular complexity index is 459. The van der Waals surface area contributed by atoms with Crippen molar-refractivity contribution in [1.82, 2.24) is 20.4 Å². The van der Waals surface area contributed by atoms with Gasteiger partial charge in [-0.25, -0.2) is 0 Å². The number of aromatic nitrogens is 4. The number of nitrogens with zero attached hydrogens (tertiary/aromatic N) is 4. The van der Waals surface area contributed by atoms with Crippen molar-refractivity contribution < 1.29 is 5.11 Å². The van der Waals surface area contributed by atoms with Gasteiger partial charge >= 0.3 is 0 Å². The monoisotopic (exact) mass is 321 g/mol. The molecule has 0 aliphatic carbocycles. The highest BCUT2D eigenvalue weighted by Gasteiger charge is 1.92. The zero-order valence-corrected chi connectivity index (χ0v) is 11.9. The van der Waals surface area contributed by atoms with E-state index in [4.69, 9.17) is 39.9 Å². The summed E-state index contributed by atoms with van der Waals surface area (Å²) in [5.74, 6) is 0.614. The van der Waals surface area contributed by atoms with Crippen molar-refractivity contribution in [3.05, 3.63) is 39.7 Å². The van der Waals surface area contributed by atoms with E-state index < -0.39 is 0 Å². The lowest BCUT2D eigenvalue weighted by atomic mass is 10.5. The molecule has 19 heavy (non-hydrogen) atoms. The van der Waals surface area contributed by atoms with E-state index in [0.29, 0.717) is 27.8 Å². The molecular weight excluding hydrogens is 313 g/mol. The van der Waals surface area contributed by atoms with Crippen LogP contribution in [-0.2, 0) is 0 Å². The maximum absolute atomic E-state index is 8.45. The molecule has 2 rings (SSSR count). The van der Waals surface area contributed by atoms with Crippen molar-refractivity contribution in [2.45, 2.75) is 0 Å². The van der Waals surface area contributed by atoms with E-state index in [1.807, 2.05) is 0 Å². The number of halogens is 3. The molecule has 0 spiro atoms. The van der Waals surface area contributed by atoms with Gasteiger partial charge in [0.05, 0.1) is 6.61 Å². The summed E-state index contributed by atoms with van der Waals surface area (Å²) >= 11 is 16.3. The van der Waals surface area contributed by atoms with Gasteiger partial charge in [-0.05, 0) is 24.3 Å². The Morgan fingerprint density at radius 1 is 0.842 bits per heavy atom. The third kappa shape index (κ3) is 7.07. The number of hydrogen-bond donors (Lipinski definition) is 2. The fraction of sp³-hybridized carbons (Fsp3) is 0.200. The van der Waals surface area contributed by atoms with Crippen LogP contribution < -0.4 is 5.32 Å². The van der Waals surface area contributed by atoms with Gasteiger partial charge in [-0.3, -0.25) is 0 Å². The molecule has 0 bridgehead atoms. The summed E-state index contributed by atoms with van der Waals surface area (Å²) in [6.07, 6.45) is 0. The number of rotatable bonds is 3. The molecule has 0 unspecified atom stereocenters. The molecule has 0 fully saturated rings. The second-order valence-corrected chi connectivity index (χ2v) is 4.23. The van der Waals surface area contributed by atoms with Crippen LogP contribution in [0, 0.1) is 0 Å². The van der Waals surface area contributed by atoms with Crippen molar-refractivity contribution in [1.29, 1.82) is 0 Å². The second kappa shape index (κ2) is 8.82. The highest BCUT2D eigenvalue weighted by molar-refractivity contribution is 6.31. The molecule has 0 saturated heterocycles. The Balaban J connectivity index is 0.000000200. The first-order valence-corrected chi connectivity index (χ1v) is 6.24. The maximum Gasteiger partial charge on any atom is 0.151 e. The number of nitrogens with one attached hydrogen (secondary N) is 1. The van der Waals surface area contributed by atoms with Gasteiger partial charge in [0.2, 0.25) is 0 Å². The standard InChI is InChI=1S/C6H8ClN3O.C4H2Cl2N2/c7-5-1-2-6(10-9-5)8-3-4-11;5-3-1-2-4(6)8-7-3/h1-2,11H,3-4H2,(H,8,10);1-2H. The Labute approximate surface area is 124 Å². The molecule has 0 aromatic carbocycles. The van der Waals surface area contributed by atoms with Gasteiger partial charge in [-0.15, -0.1) is 20.4 Å². The van der Waals surface area contributed by atoms with Crippen LogP contribution in [0.4, 0.5) is 5.82 Å². The predicted molar refractivity (Wildman–Crippen MR) is 74.7 cm³/mol. The lowest BCUT2D eigenvalue weighted by Crippen LogP contribution is -2.07. The lowest BCUT2D eigenvalue weighted by molar-refractivity contribution is 0.311. The predicted octanol–water partition coefficient (Wildman–Crippen LogP) is 2.32. The third-order valence-corrected chi connectivity index (χ3v) is 2.25. The second-order valence-electron chi connectivity index (χ2n) is 3.07. The zero-order valence-electron chi connectivity index (χ0n) is 9.59. The molecular formula is C10H10Cl3N5O. The Kier molecular flexibility index (Phi) is 7.35. The van der Waals surface area contributed by atoms with E-state index >= 15 is 0 Å². The summed E-state index contributed by atoms with van der Waals surface area (Å²) in [7, 11) is 0. The maximum atomic E-state index is 8.45. The van der Waals surface area contributed by atoms with Crippen LogP contribution in [-0.4, -0.2) is 38.7 Å². The van der Waals surface area contributed by atoms with E-state index in [2.05, 4.69) is 25.7 Å². The van der Waals surface area contributed by atoms with E-state index in [-0.39, 0.29) is 6.61 Å². The molecule has 6 nitrogen and oxygen atoms in total. The van der Waals surface area contributed by atoms with Gasteiger partial charge in [-0.1, -0.05) is 34.8 Å². The molecule has 2 heterocycles. The summed E-state index contributed by atoms with van der Waals surface area (Å²) < 4.78 is 0. The molecule has 9 heteroatoms. The Hall–Kier alpha value is -1.21. The van der Waals surface area contributed by atoms with Crippen LogP contribution in [0.5, 0.6) is 0 Å². The minimum Gasteiger partial charge on any atom is -0.395 e. The van der Waals surface area contributed by atoms with Crippen LogP contribution in [0.3, 0.4) is 0 Å². The lowest BCUT2D eigenvalue weighted by Gasteiger charge is -2.00. The van der Waals surface area contributed by atoms with Crippen molar-refractivity contribution in [3.8, 4) is 0 Å². The van der Waals surface area contributed by atoms with Crippen LogP contribution >= 0.6 is 34.8 Å². The SMILES string of the molecule is Clc1ccc(Cl)nn1.OCCNc1ccc(Cl)nn1. The summed E-state index contributed by atoms with van der Waals surface area (Å²) in [6.45, 7) is 0.542. The first-order valence-electron chi connectivity index (χ1n) is 5.10. The topological polar surface area (TPSA) is 83.8 Å². The number of aliphatic hydroxyl groups is 1. The van der Waals surface area contributed by atoms with Gasteiger partial charge in [0, 0.05) is 6.54 Å². The molecule has 102 valence electrons. The Morgan fingerprint density at radius 3 is 1.68 bits per heavy atom. The number of aliphatic hydroxyl groups excluding tert-OH is 1. The quantitative estimate of drug-likeness (QED) is 0.902. The summed E-state index contributed by atoms with van der Waals surface area (Å²) in [5.41, 5.74) is 0. The molecule has 0 aliphatic rings. The van der Waals surface area contributed by atoms with Crippen LogP contribution in [0.2, 0.25) is 15.5 Å². The van der Waals surface area contributed by atoms with E-state index in [1.54, 1.807) is 24.3 Å².